The van der Waals surface area contributed by atoms with Crippen LogP contribution < -0.4 is 0 Å². The summed E-state index contributed by atoms with van der Waals surface area (Å²) in [5.41, 5.74) is 1.55. The van der Waals surface area contributed by atoms with E-state index in [1.54, 1.807) is 0 Å². The van der Waals surface area contributed by atoms with E-state index in [9.17, 15) is 8.78 Å². The summed E-state index contributed by atoms with van der Waals surface area (Å²) in [4.78, 5) is 2.96. The summed E-state index contributed by atoms with van der Waals surface area (Å²) < 4.78 is 27.1. The summed E-state index contributed by atoms with van der Waals surface area (Å²) in [6, 6.07) is 2.38. The van der Waals surface area contributed by atoms with E-state index >= 15 is 0 Å². The standard InChI is InChI=1S/C15H17F2N/c1-15(5-3-2-4-6-15)12-9-18-14-11(12)7-10(16)8-13(14)17/h7-9,18H,2-6H2,1H3. The second kappa shape index (κ2) is 4.08. The van der Waals surface area contributed by atoms with Crippen LogP contribution in [0.1, 0.15) is 44.6 Å². The number of nitrogens with one attached hydrogen (secondary N) is 1. The van der Waals surface area contributed by atoms with Crippen LogP contribution in [0.15, 0.2) is 18.3 Å². The van der Waals surface area contributed by atoms with Crippen LogP contribution >= 0.6 is 0 Å². The van der Waals surface area contributed by atoms with Gasteiger partial charge in [-0.15, -0.1) is 0 Å². The number of H-pyrrole nitrogens is 1. The maximum absolute atomic E-state index is 13.7. The predicted molar refractivity (Wildman–Crippen MR) is 68.7 cm³/mol. The molecule has 0 atom stereocenters. The monoisotopic (exact) mass is 249 g/mol. The quantitative estimate of drug-likeness (QED) is 0.756. The van der Waals surface area contributed by atoms with E-state index in [1.807, 2.05) is 6.20 Å². The highest BCUT2D eigenvalue weighted by Crippen LogP contribution is 2.42. The van der Waals surface area contributed by atoms with Crippen molar-refractivity contribution >= 4 is 10.9 Å². The Morgan fingerprint density at radius 1 is 1.11 bits per heavy atom. The lowest BCUT2D eigenvalue weighted by atomic mass is 9.71. The molecule has 0 amide bonds. The Bertz CT molecular complexity index is 579. The molecule has 0 aliphatic heterocycles. The lowest BCUT2D eigenvalue weighted by Gasteiger charge is -2.33. The zero-order valence-corrected chi connectivity index (χ0v) is 10.5. The number of hydrogen-bond acceptors (Lipinski definition) is 0. The van der Waals surface area contributed by atoms with Crippen LogP contribution in [-0.4, -0.2) is 4.98 Å². The Morgan fingerprint density at radius 3 is 2.56 bits per heavy atom. The van der Waals surface area contributed by atoms with Gasteiger partial charge in [0, 0.05) is 17.6 Å². The van der Waals surface area contributed by atoms with Gasteiger partial charge in [0.2, 0.25) is 0 Å². The van der Waals surface area contributed by atoms with Gasteiger partial charge in [-0.3, -0.25) is 0 Å². The predicted octanol–water partition coefficient (Wildman–Crippen LogP) is 4.67. The fourth-order valence-corrected chi connectivity index (χ4v) is 3.26. The molecule has 1 aliphatic rings. The van der Waals surface area contributed by atoms with Gasteiger partial charge in [-0.2, -0.15) is 0 Å². The molecule has 0 bridgehead atoms. The molecule has 1 nitrogen and oxygen atoms in total. The van der Waals surface area contributed by atoms with Crippen molar-refractivity contribution in [2.75, 3.05) is 0 Å². The minimum absolute atomic E-state index is 0.0523. The molecule has 1 saturated carbocycles. The Labute approximate surface area is 105 Å². The summed E-state index contributed by atoms with van der Waals surface area (Å²) >= 11 is 0. The van der Waals surface area contributed by atoms with Crippen LogP contribution in [0.5, 0.6) is 0 Å². The topological polar surface area (TPSA) is 15.8 Å². The van der Waals surface area contributed by atoms with Crippen molar-refractivity contribution in [3.63, 3.8) is 0 Å². The van der Waals surface area contributed by atoms with E-state index in [-0.39, 0.29) is 5.41 Å². The zero-order valence-electron chi connectivity index (χ0n) is 10.5. The van der Waals surface area contributed by atoms with Gasteiger partial charge in [0.25, 0.3) is 0 Å². The van der Waals surface area contributed by atoms with Gasteiger partial charge in [-0.25, -0.2) is 8.78 Å². The molecule has 0 saturated heterocycles. The van der Waals surface area contributed by atoms with E-state index in [0.29, 0.717) is 10.9 Å². The molecule has 0 radical (unpaired) electrons. The first kappa shape index (κ1) is 11.7. The number of aromatic amines is 1. The minimum atomic E-state index is -0.504. The normalized spacial score (nSPS) is 19.3. The summed E-state index contributed by atoms with van der Waals surface area (Å²) in [7, 11) is 0. The third-order valence-corrected chi connectivity index (χ3v) is 4.31. The van der Waals surface area contributed by atoms with Crippen molar-refractivity contribution in [2.24, 2.45) is 0 Å². The maximum Gasteiger partial charge on any atom is 0.150 e. The van der Waals surface area contributed by atoms with E-state index in [4.69, 9.17) is 0 Å². The lowest BCUT2D eigenvalue weighted by Crippen LogP contribution is -2.24. The molecule has 96 valence electrons. The van der Waals surface area contributed by atoms with Gasteiger partial charge in [0.05, 0.1) is 5.52 Å². The molecule has 3 rings (SSSR count). The minimum Gasteiger partial charge on any atom is -0.358 e. The van der Waals surface area contributed by atoms with Crippen LogP contribution in [0.3, 0.4) is 0 Å². The van der Waals surface area contributed by atoms with Gasteiger partial charge in [-0.1, -0.05) is 26.2 Å². The first-order valence-corrected chi connectivity index (χ1v) is 6.57. The third-order valence-electron chi connectivity index (χ3n) is 4.31. The number of hydrogen-bond donors (Lipinski definition) is 1. The number of benzene rings is 1. The number of halogens is 2. The smallest absolute Gasteiger partial charge is 0.150 e. The average Bonchev–Trinajstić information content (AvgIpc) is 2.74. The van der Waals surface area contributed by atoms with Gasteiger partial charge < -0.3 is 4.98 Å². The molecule has 18 heavy (non-hydrogen) atoms. The van der Waals surface area contributed by atoms with E-state index in [2.05, 4.69) is 11.9 Å². The Hall–Kier alpha value is -1.38. The van der Waals surface area contributed by atoms with Crippen molar-refractivity contribution in [2.45, 2.75) is 44.4 Å². The van der Waals surface area contributed by atoms with E-state index in [0.717, 1.165) is 24.5 Å². The summed E-state index contributed by atoms with van der Waals surface area (Å²) in [6.45, 7) is 2.21. The molecule has 1 N–H and O–H groups in total. The fourth-order valence-electron chi connectivity index (χ4n) is 3.26. The van der Waals surface area contributed by atoms with Gasteiger partial charge in [0.1, 0.15) is 11.6 Å². The van der Waals surface area contributed by atoms with E-state index in [1.165, 1.54) is 25.3 Å². The molecule has 0 spiro atoms. The molecule has 2 aromatic rings. The van der Waals surface area contributed by atoms with E-state index < -0.39 is 11.6 Å². The maximum atomic E-state index is 13.7. The Kier molecular flexibility index (Phi) is 2.65. The molecule has 1 heterocycles. The number of rotatable bonds is 1. The van der Waals surface area contributed by atoms with Crippen LogP contribution in [0.25, 0.3) is 10.9 Å². The van der Waals surface area contributed by atoms with Crippen LogP contribution in [-0.2, 0) is 5.41 Å². The molecule has 1 fully saturated rings. The zero-order chi connectivity index (χ0) is 12.8. The molecule has 1 aromatic heterocycles. The first-order chi connectivity index (χ1) is 8.60. The Morgan fingerprint density at radius 2 is 1.83 bits per heavy atom. The van der Waals surface area contributed by atoms with Gasteiger partial charge in [0.15, 0.2) is 0 Å². The lowest BCUT2D eigenvalue weighted by molar-refractivity contribution is 0.322. The van der Waals surface area contributed by atoms with Gasteiger partial charge in [-0.05, 0) is 29.9 Å². The van der Waals surface area contributed by atoms with Crippen molar-refractivity contribution in [3.05, 3.63) is 35.5 Å². The second-order valence-corrected chi connectivity index (χ2v) is 5.63. The molecular formula is C15H17F2N. The highest BCUT2D eigenvalue weighted by Gasteiger charge is 2.31. The average molecular weight is 249 g/mol. The van der Waals surface area contributed by atoms with Crippen LogP contribution in [0, 0.1) is 11.6 Å². The molecule has 1 aromatic carbocycles. The number of fused-ring (bicyclic) bond motifs is 1. The highest BCUT2D eigenvalue weighted by molar-refractivity contribution is 5.85. The summed E-state index contributed by atoms with van der Waals surface area (Å²) in [5.74, 6) is -1.00. The van der Waals surface area contributed by atoms with Crippen LogP contribution in [0.4, 0.5) is 8.78 Å². The SMILES string of the molecule is CC1(c2c[nH]c3c(F)cc(F)cc23)CCCCC1. The van der Waals surface area contributed by atoms with Crippen molar-refractivity contribution < 1.29 is 8.78 Å². The Balaban J connectivity index is 2.17. The van der Waals surface area contributed by atoms with Crippen molar-refractivity contribution in [3.8, 4) is 0 Å². The fraction of sp³-hybridized carbons (Fsp3) is 0.467. The summed E-state index contributed by atoms with van der Waals surface area (Å²) in [6.07, 6.45) is 7.71. The van der Waals surface area contributed by atoms with Gasteiger partial charge >= 0.3 is 0 Å². The molecule has 0 unspecified atom stereocenters. The largest absolute Gasteiger partial charge is 0.358 e. The first-order valence-electron chi connectivity index (χ1n) is 6.57. The highest BCUT2D eigenvalue weighted by atomic mass is 19.1. The molecule has 1 aliphatic carbocycles. The van der Waals surface area contributed by atoms with Crippen LogP contribution in [0.2, 0.25) is 0 Å². The number of aromatic nitrogens is 1. The second-order valence-electron chi connectivity index (χ2n) is 5.63. The molecular weight excluding hydrogens is 232 g/mol. The molecule has 3 heteroatoms. The van der Waals surface area contributed by atoms with Crippen molar-refractivity contribution in [1.82, 2.24) is 4.98 Å². The summed E-state index contributed by atoms with van der Waals surface area (Å²) in [5, 5.41) is 0.705. The third kappa shape index (κ3) is 1.73. The van der Waals surface area contributed by atoms with Crippen molar-refractivity contribution in [1.29, 1.82) is 0 Å².